The van der Waals surface area contributed by atoms with Crippen LogP contribution in [0.25, 0.3) is 9.81 Å². The summed E-state index contributed by atoms with van der Waals surface area (Å²) in [6, 6.07) is 29.6. The van der Waals surface area contributed by atoms with Gasteiger partial charge < -0.3 is 4.74 Å². The van der Waals surface area contributed by atoms with Gasteiger partial charge in [0.25, 0.3) is 0 Å². The Bertz CT molecular complexity index is 914. The van der Waals surface area contributed by atoms with Crippen LogP contribution in [0.2, 0.25) is 0 Å². The number of thioether (sulfide) groups is 1. The van der Waals surface area contributed by atoms with Crippen molar-refractivity contribution >= 4 is 21.6 Å². The Labute approximate surface area is 165 Å². The molecular weight excluding hydrogens is 348 g/mol. The highest BCUT2D eigenvalue weighted by molar-refractivity contribution is 8.16. The van der Waals surface area contributed by atoms with Crippen molar-refractivity contribution in [2.24, 2.45) is 0 Å². The number of ether oxygens (including phenoxy) is 1. The zero-order chi connectivity index (χ0) is 18.7. The lowest BCUT2D eigenvalue weighted by atomic mass is 9.80. The lowest BCUT2D eigenvalue weighted by molar-refractivity contribution is 0.414. The predicted octanol–water partition coefficient (Wildman–Crippen LogP) is 6.78. The molecule has 134 valence electrons. The standard InChI is InChI=1S/C25H22OS/c1-25(21-13-15-22(26-2)16-14-21)17-23(19-9-5-3-6-10-19)27-24(18-25)20-11-7-4-8-12-20/h3-18H,1-2H3. The van der Waals surface area contributed by atoms with Crippen LogP contribution in [0.3, 0.4) is 0 Å². The van der Waals surface area contributed by atoms with Crippen LogP contribution in [0.1, 0.15) is 23.6 Å². The van der Waals surface area contributed by atoms with Crippen molar-refractivity contribution in [3.8, 4) is 5.75 Å². The molecular formula is C25H22OS. The fourth-order valence-corrected chi connectivity index (χ4v) is 4.72. The SMILES string of the molecule is COc1ccc(C2(C)C=C(c3ccccc3)SC(c3ccccc3)=C2)cc1. The largest absolute Gasteiger partial charge is 0.497 e. The van der Waals surface area contributed by atoms with Gasteiger partial charge in [-0.2, -0.15) is 0 Å². The Morgan fingerprint density at radius 3 is 1.59 bits per heavy atom. The number of hydrogen-bond donors (Lipinski definition) is 0. The normalized spacial score (nSPS) is 15.6. The van der Waals surface area contributed by atoms with Crippen LogP contribution >= 0.6 is 11.8 Å². The third-order valence-corrected chi connectivity index (χ3v) is 6.06. The molecule has 3 aromatic rings. The van der Waals surface area contributed by atoms with E-state index in [-0.39, 0.29) is 5.41 Å². The van der Waals surface area contributed by atoms with E-state index in [0.717, 1.165) is 5.75 Å². The second kappa shape index (κ2) is 7.50. The molecule has 1 aliphatic rings. The minimum atomic E-state index is -0.187. The molecule has 0 bridgehead atoms. The molecule has 1 aliphatic heterocycles. The second-order valence-corrected chi connectivity index (χ2v) is 7.95. The number of benzene rings is 3. The summed E-state index contributed by atoms with van der Waals surface area (Å²) >= 11 is 1.84. The predicted molar refractivity (Wildman–Crippen MR) is 117 cm³/mol. The first-order chi connectivity index (χ1) is 13.2. The lowest BCUT2D eigenvalue weighted by Crippen LogP contribution is -2.19. The topological polar surface area (TPSA) is 9.23 Å². The van der Waals surface area contributed by atoms with Gasteiger partial charge >= 0.3 is 0 Å². The maximum Gasteiger partial charge on any atom is 0.118 e. The van der Waals surface area contributed by atoms with Gasteiger partial charge in [0.05, 0.1) is 7.11 Å². The summed E-state index contributed by atoms with van der Waals surface area (Å²) in [6.07, 6.45) is 4.75. The molecule has 1 nitrogen and oxygen atoms in total. The van der Waals surface area contributed by atoms with Gasteiger partial charge in [0, 0.05) is 15.2 Å². The molecule has 0 spiro atoms. The summed E-state index contributed by atoms with van der Waals surface area (Å²) in [5, 5.41) is 0. The van der Waals surface area contributed by atoms with Gasteiger partial charge in [-0.1, -0.05) is 96.7 Å². The van der Waals surface area contributed by atoms with Crippen molar-refractivity contribution in [1.29, 1.82) is 0 Å². The fourth-order valence-electron chi connectivity index (χ4n) is 3.37. The Hall–Kier alpha value is -2.71. The molecule has 0 radical (unpaired) electrons. The smallest absolute Gasteiger partial charge is 0.118 e. The van der Waals surface area contributed by atoms with Gasteiger partial charge in [-0.3, -0.25) is 0 Å². The number of hydrogen-bond acceptors (Lipinski definition) is 2. The van der Waals surface area contributed by atoms with E-state index in [1.165, 1.54) is 26.5 Å². The highest BCUT2D eigenvalue weighted by Gasteiger charge is 2.28. The third-order valence-electron chi connectivity index (χ3n) is 4.91. The van der Waals surface area contributed by atoms with Crippen LogP contribution in [0, 0.1) is 0 Å². The van der Waals surface area contributed by atoms with Crippen molar-refractivity contribution in [3.63, 3.8) is 0 Å². The highest BCUT2D eigenvalue weighted by Crippen LogP contribution is 2.48. The Morgan fingerprint density at radius 2 is 1.15 bits per heavy atom. The molecule has 0 fully saturated rings. The van der Waals surface area contributed by atoms with E-state index >= 15 is 0 Å². The minimum Gasteiger partial charge on any atom is -0.497 e. The van der Waals surface area contributed by atoms with E-state index in [2.05, 4.69) is 91.9 Å². The zero-order valence-corrected chi connectivity index (χ0v) is 16.4. The Kier molecular flexibility index (Phi) is 4.91. The number of methoxy groups -OCH3 is 1. The van der Waals surface area contributed by atoms with Crippen molar-refractivity contribution < 1.29 is 4.74 Å². The van der Waals surface area contributed by atoms with Gasteiger partial charge in [0.15, 0.2) is 0 Å². The van der Waals surface area contributed by atoms with Crippen LogP contribution in [-0.2, 0) is 5.41 Å². The van der Waals surface area contributed by atoms with E-state index in [9.17, 15) is 0 Å². The molecule has 0 unspecified atom stereocenters. The first-order valence-electron chi connectivity index (χ1n) is 9.07. The van der Waals surface area contributed by atoms with Crippen molar-refractivity contribution in [3.05, 3.63) is 114 Å². The van der Waals surface area contributed by atoms with Crippen molar-refractivity contribution in [1.82, 2.24) is 0 Å². The molecule has 0 saturated heterocycles. The fraction of sp³-hybridized carbons (Fsp3) is 0.120. The molecule has 0 atom stereocenters. The average Bonchev–Trinajstić information content (AvgIpc) is 2.75. The van der Waals surface area contributed by atoms with E-state index in [4.69, 9.17) is 4.74 Å². The molecule has 4 rings (SSSR count). The van der Waals surface area contributed by atoms with Crippen LogP contribution in [0.4, 0.5) is 0 Å². The van der Waals surface area contributed by atoms with Gasteiger partial charge in [0.2, 0.25) is 0 Å². The van der Waals surface area contributed by atoms with Crippen LogP contribution < -0.4 is 4.74 Å². The Morgan fingerprint density at radius 1 is 0.667 bits per heavy atom. The van der Waals surface area contributed by atoms with E-state index in [1.807, 2.05) is 23.9 Å². The molecule has 0 aliphatic carbocycles. The summed E-state index contributed by atoms with van der Waals surface area (Å²) in [5.41, 5.74) is 3.58. The second-order valence-electron chi connectivity index (χ2n) is 6.86. The maximum absolute atomic E-state index is 5.34. The molecule has 0 N–H and O–H groups in total. The summed E-state index contributed by atoms with van der Waals surface area (Å²) in [5.74, 6) is 0.882. The first-order valence-corrected chi connectivity index (χ1v) is 9.88. The summed E-state index contributed by atoms with van der Waals surface area (Å²) in [4.78, 5) is 2.57. The maximum atomic E-state index is 5.34. The van der Waals surface area contributed by atoms with Gasteiger partial charge in [0.1, 0.15) is 5.75 Å². The zero-order valence-electron chi connectivity index (χ0n) is 15.6. The average molecular weight is 371 g/mol. The molecule has 3 aromatic carbocycles. The van der Waals surface area contributed by atoms with E-state index < -0.39 is 0 Å². The van der Waals surface area contributed by atoms with Crippen LogP contribution in [0.15, 0.2) is 97.1 Å². The molecule has 1 heterocycles. The minimum absolute atomic E-state index is 0.187. The molecule has 0 saturated carbocycles. The lowest BCUT2D eigenvalue weighted by Gasteiger charge is -2.30. The third kappa shape index (κ3) is 3.72. The van der Waals surface area contributed by atoms with Crippen molar-refractivity contribution in [2.75, 3.05) is 7.11 Å². The van der Waals surface area contributed by atoms with E-state index in [1.54, 1.807) is 7.11 Å². The molecule has 0 aromatic heterocycles. The summed E-state index contributed by atoms with van der Waals surface area (Å²) in [7, 11) is 1.70. The van der Waals surface area contributed by atoms with Crippen molar-refractivity contribution in [2.45, 2.75) is 12.3 Å². The van der Waals surface area contributed by atoms with Gasteiger partial charge in [-0.25, -0.2) is 0 Å². The highest BCUT2D eigenvalue weighted by atomic mass is 32.2. The Balaban J connectivity index is 1.83. The monoisotopic (exact) mass is 370 g/mol. The molecule has 27 heavy (non-hydrogen) atoms. The van der Waals surface area contributed by atoms with Gasteiger partial charge in [-0.05, 0) is 35.7 Å². The first kappa shape index (κ1) is 17.7. The quantitative estimate of drug-likeness (QED) is 0.500. The van der Waals surface area contributed by atoms with Gasteiger partial charge in [-0.15, -0.1) is 0 Å². The van der Waals surface area contributed by atoms with Crippen LogP contribution in [0.5, 0.6) is 5.75 Å². The number of rotatable bonds is 4. The summed E-state index contributed by atoms with van der Waals surface area (Å²) in [6.45, 7) is 2.28. The van der Waals surface area contributed by atoms with Crippen LogP contribution in [-0.4, -0.2) is 7.11 Å². The number of allylic oxidation sites excluding steroid dienone is 2. The van der Waals surface area contributed by atoms with E-state index in [0.29, 0.717) is 0 Å². The molecule has 0 amide bonds. The molecule has 2 heteroatoms. The summed E-state index contributed by atoms with van der Waals surface area (Å²) < 4.78 is 5.34.